The van der Waals surface area contributed by atoms with Crippen LogP contribution in [-0.2, 0) is 4.79 Å². The molecule has 0 rings (SSSR count). The van der Waals surface area contributed by atoms with Gasteiger partial charge in [0.2, 0.25) is 5.91 Å². The number of amides is 1. The molecule has 0 aromatic rings. The van der Waals surface area contributed by atoms with Crippen molar-refractivity contribution in [3.05, 3.63) is 36.5 Å². The SMILES string of the molecule is CC(O)/C=C/C=C/C(O)CC/C=C/C(=O)NCC(C)(C)O. The maximum atomic E-state index is 11.4. The molecule has 0 aliphatic heterocycles. The molecule has 0 heterocycles. The van der Waals surface area contributed by atoms with Crippen LogP contribution in [0.15, 0.2) is 36.5 Å². The first-order valence-electron chi connectivity index (χ1n) is 7.08. The van der Waals surface area contributed by atoms with E-state index in [0.717, 1.165) is 0 Å². The van der Waals surface area contributed by atoms with Crippen LogP contribution in [-0.4, -0.2) is 45.6 Å². The fourth-order valence-electron chi connectivity index (χ4n) is 1.33. The first-order valence-corrected chi connectivity index (χ1v) is 7.08. The zero-order valence-electron chi connectivity index (χ0n) is 13.0. The van der Waals surface area contributed by atoms with Gasteiger partial charge in [-0.3, -0.25) is 4.79 Å². The largest absolute Gasteiger partial charge is 0.389 e. The van der Waals surface area contributed by atoms with Crippen molar-refractivity contribution in [2.75, 3.05) is 6.54 Å². The Hall–Kier alpha value is -1.43. The number of aliphatic hydroxyl groups excluding tert-OH is 2. The fraction of sp³-hybridized carbons (Fsp3) is 0.562. The second kappa shape index (κ2) is 10.3. The quantitative estimate of drug-likeness (QED) is 0.378. The van der Waals surface area contributed by atoms with E-state index in [1.165, 1.54) is 6.08 Å². The Bertz CT molecular complexity index is 378. The monoisotopic (exact) mass is 297 g/mol. The van der Waals surface area contributed by atoms with Gasteiger partial charge in [-0.05, 0) is 39.7 Å². The average Bonchev–Trinajstić information content (AvgIpc) is 2.36. The number of nitrogens with one attached hydrogen (secondary N) is 1. The Labute approximate surface area is 126 Å². The molecule has 0 saturated heterocycles. The highest BCUT2D eigenvalue weighted by molar-refractivity contribution is 5.87. The number of carbonyl (C=O) groups excluding carboxylic acids is 1. The van der Waals surface area contributed by atoms with E-state index >= 15 is 0 Å². The Balaban J connectivity index is 3.87. The topological polar surface area (TPSA) is 89.8 Å². The Morgan fingerprint density at radius 1 is 1.24 bits per heavy atom. The summed E-state index contributed by atoms with van der Waals surface area (Å²) in [5.41, 5.74) is -0.927. The van der Waals surface area contributed by atoms with Gasteiger partial charge in [-0.2, -0.15) is 0 Å². The lowest BCUT2D eigenvalue weighted by Crippen LogP contribution is -2.37. The summed E-state index contributed by atoms with van der Waals surface area (Å²) in [5, 5.41) is 30.7. The van der Waals surface area contributed by atoms with Crippen LogP contribution >= 0.6 is 0 Å². The Morgan fingerprint density at radius 3 is 2.43 bits per heavy atom. The molecule has 120 valence electrons. The van der Waals surface area contributed by atoms with Crippen LogP contribution < -0.4 is 5.32 Å². The van der Waals surface area contributed by atoms with Crippen molar-refractivity contribution in [2.45, 2.75) is 51.4 Å². The fourth-order valence-corrected chi connectivity index (χ4v) is 1.33. The van der Waals surface area contributed by atoms with E-state index in [2.05, 4.69) is 5.32 Å². The van der Waals surface area contributed by atoms with Gasteiger partial charge in [-0.15, -0.1) is 0 Å². The lowest BCUT2D eigenvalue weighted by molar-refractivity contribution is -0.117. The number of aliphatic hydroxyl groups is 3. The molecule has 0 aromatic carbocycles. The van der Waals surface area contributed by atoms with Crippen LogP contribution in [0, 0.1) is 0 Å². The number of carbonyl (C=O) groups is 1. The number of hydrogen-bond acceptors (Lipinski definition) is 4. The third-order valence-corrected chi connectivity index (χ3v) is 2.43. The molecular formula is C16H27NO4. The van der Waals surface area contributed by atoms with Gasteiger partial charge in [0.05, 0.1) is 17.8 Å². The molecule has 0 aromatic heterocycles. The molecule has 0 aliphatic carbocycles. The van der Waals surface area contributed by atoms with Crippen LogP contribution in [0.1, 0.15) is 33.6 Å². The standard InChI is InChI=1S/C16H27NO4/c1-13(18)8-4-5-9-14(19)10-6-7-11-15(20)17-12-16(2,3)21/h4-5,7-9,11,13-14,18-19,21H,6,10,12H2,1-3H3,(H,17,20)/b8-4+,9-5+,11-7+. The summed E-state index contributed by atoms with van der Waals surface area (Å²) in [7, 11) is 0. The minimum absolute atomic E-state index is 0.192. The molecule has 0 fully saturated rings. The molecule has 2 atom stereocenters. The van der Waals surface area contributed by atoms with E-state index in [1.54, 1.807) is 51.2 Å². The molecule has 0 bridgehead atoms. The zero-order chi connectivity index (χ0) is 16.3. The van der Waals surface area contributed by atoms with Crippen molar-refractivity contribution in [3.63, 3.8) is 0 Å². The first-order chi connectivity index (χ1) is 9.70. The van der Waals surface area contributed by atoms with Crippen molar-refractivity contribution in [2.24, 2.45) is 0 Å². The van der Waals surface area contributed by atoms with Crippen LogP contribution in [0.25, 0.3) is 0 Å². The maximum Gasteiger partial charge on any atom is 0.243 e. The number of rotatable bonds is 9. The summed E-state index contributed by atoms with van der Waals surface area (Å²) in [6.45, 7) is 5.07. The third-order valence-electron chi connectivity index (χ3n) is 2.43. The van der Waals surface area contributed by atoms with Crippen molar-refractivity contribution in [1.82, 2.24) is 5.32 Å². The first kappa shape index (κ1) is 19.6. The van der Waals surface area contributed by atoms with E-state index in [0.29, 0.717) is 12.8 Å². The average molecular weight is 297 g/mol. The maximum absolute atomic E-state index is 11.4. The second-order valence-electron chi connectivity index (χ2n) is 5.59. The molecule has 2 unspecified atom stereocenters. The van der Waals surface area contributed by atoms with Gasteiger partial charge in [-0.25, -0.2) is 0 Å². The van der Waals surface area contributed by atoms with Gasteiger partial charge in [-0.1, -0.05) is 30.4 Å². The molecule has 5 nitrogen and oxygen atoms in total. The highest BCUT2D eigenvalue weighted by Crippen LogP contribution is 2.01. The van der Waals surface area contributed by atoms with Crippen molar-refractivity contribution < 1.29 is 20.1 Å². The van der Waals surface area contributed by atoms with E-state index in [4.69, 9.17) is 5.11 Å². The van der Waals surface area contributed by atoms with Gasteiger partial charge in [0.15, 0.2) is 0 Å². The summed E-state index contributed by atoms with van der Waals surface area (Å²) < 4.78 is 0. The molecular weight excluding hydrogens is 270 g/mol. The molecule has 0 saturated carbocycles. The second-order valence-corrected chi connectivity index (χ2v) is 5.59. The van der Waals surface area contributed by atoms with Gasteiger partial charge in [0.1, 0.15) is 0 Å². The minimum Gasteiger partial charge on any atom is -0.389 e. The summed E-state index contributed by atoms with van der Waals surface area (Å²) in [6, 6.07) is 0. The molecule has 0 aliphatic rings. The number of allylic oxidation sites excluding steroid dienone is 3. The van der Waals surface area contributed by atoms with Gasteiger partial charge < -0.3 is 20.6 Å². The molecule has 5 heteroatoms. The van der Waals surface area contributed by atoms with Crippen LogP contribution in [0.5, 0.6) is 0 Å². The Kier molecular flexibility index (Phi) is 9.62. The van der Waals surface area contributed by atoms with Gasteiger partial charge in [0, 0.05) is 6.54 Å². The minimum atomic E-state index is -0.927. The van der Waals surface area contributed by atoms with Gasteiger partial charge in [0.25, 0.3) is 0 Å². The predicted octanol–water partition coefficient (Wildman–Crippen LogP) is 1.06. The summed E-state index contributed by atoms with van der Waals surface area (Å²) >= 11 is 0. The lowest BCUT2D eigenvalue weighted by Gasteiger charge is -2.16. The van der Waals surface area contributed by atoms with Crippen LogP contribution in [0.4, 0.5) is 0 Å². The van der Waals surface area contributed by atoms with Gasteiger partial charge >= 0.3 is 0 Å². The van der Waals surface area contributed by atoms with E-state index in [-0.39, 0.29) is 12.5 Å². The number of hydrogen-bond donors (Lipinski definition) is 4. The van der Waals surface area contributed by atoms with E-state index < -0.39 is 17.8 Å². The zero-order valence-corrected chi connectivity index (χ0v) is 13.0. The Morgan fingerprint density at radius 2 is 1.86 bits per heavy atom. The van der Waals surface area contributed by atoms with E-state index in [9.17, 15) is 15.0 Å². The molecule has 4 N–H and O–H groups in total. The van der Waals surface area contributed by atoms with Crippen LogP contribution in [0.2, 0.25) is 0 Å². The van der Waals surface area contributed by atoms with Crippen molar-refractivity contribution in [3.8, 4) is 0 Å². The van der Waals surface area contributed by atoms with E-state index in [1.807, 2.05) is 0 Å². The normalized spacial score (nSPS) is 15.9. The summed E-state index contributed by atoms with van der Waals surface area (Å²) in [6.07, 6.45) is 9.65. The van der Waals surface area contributed by atoms with Crippen molar-refractivity contribution in [1.29, 1.82) is 0 Å². The summed E-state index contributed by atoms with van der Waals surface area (Å²) in [4.78, 5) is 11.4. The molecule has 1 amide bonds. The molecule has 21 heavy (non-hydrogen) atoms. The third kappa shape index (κ3) is 14.8. The highest BCUT2D eigenvalue weighted by Gasteiger charge is 2.12. The molecule has 0 radical (unpaired) electrons. The smallest absolute Gasteiger partial charge is 0.243 e. The summed E-state index contributed by atoms with van der Waals surface area (Å²) in [5.74, 6) is -0.262. The van der Waals surface area contributed by atoms with Crippen molar-refractivity contribution >= 4 is 5.91 Å². The molecule has 0 spiro atoms. The highest BCUT2D eigenvalue weighted by atomic mass is 16.3. The van der Waals surface area contributed by atoms with Crippen LogP contribution in [0.3, 0.4) is 0 Å². The lowest BCUT2D eigenvalue weighted by atomic mass is 10.1. The predicted molar refractivity (Wildman–Crippen MR) is 83.6 cm³/mol.